The topological polar surface area (TPSA) is 58.2 Å². The summed E-state index contributed by atoms with van der Waals surface area (Å²) in [7, 11) is 0. The highest BCUT2D eigenvalue weighted by Gasteiger charge is 2.73. The van der Waals surface area contributed by atoms with Crippen LogP contribution in [0.3, 0.4) is 0 Å². The monoisotopic (exact) mass is 506 g/mol. The van der Waals surface area contributed by atoms with E-state index in [2.05, 4.69) is 10.6 Å². The van der Waals surface area contributed by atoms with Gasteiger partial charge in [0.25, 0.3) is 5.91 Å². The molecule has 0 fully saturated rings. The van der Waals surface area contributed by atoms with Gasteiger partial charge in [-0.1, -0.05) is 12.1 Å². The Balaban J connectivity index is 2.62. The zero-order valence-electron chi connectivity index (χ0n) is 20.1. The van der Waals surface area contributed by atoms with Gasteiger partial charge in [0, 0.05) is 29.4 Å². The Morgan fingerprint density at radius 1 is 0.657 bits per heavy atom. The van der Waals surface area contributed by atoms with Gasteiger partial charge < -0.3 is 10.6 Å². The molecule has 0 unspecified atom stereocenters. The summed E-state index contributed by atoms with van der Waals surface area (Å²) in [5.41, 5.74) is -4.56. The van der Waals surface area contributed by atoms with Crippen LogP contribution in [-0.4, -0.2) is 24.2 Å². The maximum Gasteiger partial charge on any atom is 0.435 e. The van der Waals surface area contributed by atoms with Crippen molar-refractivity contribution >= 4 is 23.2 Å². The zero-order chi connectivity index (χ0) is 27.3. The second-order valence-electron chi connectivity index (χ2n) is 8.52. The Hall–Kier alpha value is -3.11. The molecule has 0 aromatic heterocycles. The number of benzene rings is 2. The molecule has 0 radical (unpaired) electrons. The molecule has 2 aromatic rings. The van der Waals surface area contributed by atoms with Crippen molar-refractivity contribution in [1.82, 2.24) is 0 Å². The molecule has 0 saturated carbocycles. The summed E-state index contributed by atoms with van der Waals surface area (Å²) in [5.74, 6) is -1.05. The number of alkyl halides is 7. The Morgan fingerprint density at radius 3 is 1.51 bits per heavy atom. The van der Waals surface area contributed by atoms with Crippen LogP contribution < -0.4 is 10.6 Å². The van der Waals surface area contributed by atoms with Crippen LogP contribution in [0, 0.1) is 41.5 Å². The van der Waals surface area contributed by atoms with E-state index in [1.165, 1.54) is 20.8 Å². The van der Waals surface area contributed by atoms with Crippen molar-refractivity contribution in [3.05, 3.63) is 56.6 Å². The second kappa shape index (κ2) is 9.16. The van der Waals surface area contributed by atoms with Gasteiger partial charge in [0.05, 0.1) is 0 Å². The number of anilines is 2. The normalized spacial score (nSPS) is 12.5. The van der Waals surface area contributed by atoms with Crippen molar-refractivity contribution in [3.8, 4) is 0 Å². The van der Waals surface area contributed by atoms with E-state index in [-0.39, 0.29) is 28.3 Å². The van der Waals surface area contributed by atoms with Crippen LogP contribution in [0.15, 0.2) is 12.1 Å². The Morgan fingerprint density at radius 2 is 1.11 bits per heavy atom. The highest BCUT2D eigenvalue weighted by atomic mass is 19.4. The third-order valence-electron chi connectivity index (χ3n) is 6.10. The Bertz CT molecular complexity index is 1160. The van der Waals surface area contributed by atoms with E-state index < -0.39 is 29.5 Å². The molecule has 192 valence electrons. The van der Waals surface area contributed by atoms with Gasteiger partial charge in [0.1, 0.15) is 0 Å². The molecule has 35 heavy (non-hydrogen) atoms. The lowest BCUT2D eigenvalue weighted by Crippen LogP contribution is -2.50. The molecule has 0 atom stereocenters. The van der Waals surface area contributed by atoms with Gasteiger partial charge in [0.15, 0.2) is 0 Å². The average molecular weight is 506 g/mol. The molecule has 4 nitrogen and oxygen atoms in total. The smallest absolute Gasteiger partial charge is 0.326 e. The minimum absolute atomic E-state index is 0.0523. The van der Waals surface area contributed by atoms with E-state index in [4.69, 9.17) is 0 Å². The molecule has 2 aromatic carbocycles. The first-order valence-electron chi connectivity index (χ1n) is 10.4. The van der Waals surface area contributed by atoms with Crippen molar-refractivity contribution in [2.75, 3.05) is 10.6 Å². The SMILES string of the molecule is CC(=O)Nc1c(C)c(C)c(C)c(C(=O)Nc2c(C)cc(C(F)(C(F)(F)F)C(F)(F)F)cc2C)c1C. The number of hydrogen-bond acceptors (Lipinski definition) is 2. The molecule has 2 amide bonds. The van der Waals surface area contributed by atoms with Gasteiger partial charge in [-0.25, -0.2) is 4.39 Å². The summed E-state index contributed by atoms with van der Waals surface area (Å²) in [6, 6.07) is 0.846. The van der Waals surface area contributed by atoms with Crippen LogP contribution in [0.1, 0.15) is 56.2 Å². The number of rotatable bonds is 4. The molecule has 2 rings (SSSR count). The minimum atomic E-state index is -6.25. The number of aryl methyl sites for hydroxylation is 2. The number of carbonyl (C=O) groups is 2. The van der Waals surface area contributed by atoms with Crippen LogP contribution in [0.4, 0.5) is 42.1 Å². The third-order valence-corrected chi connectivity index (χ3v) is 6.10. The summed E-state index contributed by atoms with van der Waals surface area (Å²) < 4.78 is 93.6. The predicted molar refractivity (Wildman–Crippen MR) is 118 cm³/mol. The van der Waals surface area contributed by atoms with E-state index >= 15 is 0 Å². The molecule has 0 aliphatic rings. The first-order valence-corrected chi connectivity index (χ1v) is 10.4. The zero-order valence-corrected chi connectivity index (χ0v) is 20.1. The first kappa shape index (κ1) is 28.1. The largest absolute Gasteiger partial charge is 0.435 e. The fraction of sp³-hybridized carbons (Fsp3) is 0.417. The number of halogens is 7. The minimum Gasteiger partial charge on any atom is -0.326 e. The highest BCUT2D eigenvalue weighted by Crippen LogP contribution is 2.53. The molecule has 11 heteroatoms. The summed E-state index contributed by atoms with van der Waals surface area (Å²) >= 11 is 0. The molecular weight excluding hydrogens is 481 g/mol. The lowest BCUT2D eigenvalue weighted by Gasteiger charge is -2.31. The van der Waals surface area contributed by atoms with Crippen LogP contribution in [0.5, 0.6) is 0 Å². The molecular formula is C24H25F7N2O2. The van der Waals surface area contributed by atoms with Gasteiger partial charge in [-0.3, -0.25) is 9.59 Å². The summed E-state index contributed by atoms with van der Waals surface area (Å²) in [6.45, 7) is 10.4. The van der Waals surface area contributed by atoms with Gasteiger partial charge in [-0.15, -0.1) is 0 Å². The summed E-state index contributed by atoms with van der Waals surface area (Å²) in [4.78, 5) is 24.8. The fourth-order valence-electron chi connectivity index (χ4n) is 4.07. The lowest BCUT2D eigenvalue weighted by molar-refractivity contribution is -0.348. The van der Waals surface area contributed by atoms with Crippen molar-refractivity contribution in [3.63, 3.8) is 0 Å². The quantitative estimate of drug-likeness (QED) is 0.437. The molecule has 0 spiro atoms. The van der Waals surface area contributed by atoms with E-state index in [0.717, 1.165) is 5.56 Å². The maximum atomic E-state index is 14.5. The van der Waals surface area contributed by atoms with Crippen molar-refractivity contribution < 1.29 is 40.3 Å². The van der Waals surface area contributed by atoms with Gasteiger partial charge in [0.2, 0.25) is 5.91 Å². The van der Waals surface area contributed by atoms with Crippen LogP contribution >= 0.6 is 0 Å². The number of hydrogen-bond donors (Lipinski definition) is 2. The number of nitrogens with one attached hydrogen (secondary N) is 2. The molecule has 0 saturated heterocycles. The van der Waals surface area contributed by atoms with E-state index in [0.29, 0.717) is 34.5 Å². The highest BCUT2D eigenvalue weighted by molar-refractivity contribution is 6.09. The van der Waals surface area contributed by atoms with Crippen LogP contribution in [-0.2, 0) is 10.5 Å². The molecule has 2 N–H and O–H groups in total. The van der Waals surface area contributed by atoms with Crippen molar-refractivity contribution in [2.45, 2.75) is 66.5 Å². The van der Waals surface area contributed by atoms with Gasteiger partial charge >= 0.3 is 18.0 Å². The van der Waals surface area contributed by atoms with E-state index in [1.54, 1.807) is 27.7 Å². The summed E-state index contributed by atoms with van der Waals surface area (Å²) in [5, 5.41) is 5.19. The van der Waals surface area contributed by atoms with Gasteiger partial charge in [-0.05, 0) is 74.9 Å². The molecule has 0 aliphatic heterocycles. The summed E-state index contributed by atoms with van der Waals surface area (Å²) in [6.07, 6.45) is -12.5. The Kier molecular flexibility index (Phi) is 7.36. The maximum absolute atomic E-state index is 14.5. The van der Waals surface area contributed by atoms with Crippen molar-refractivity contribution in [2.24, 2.45) is 0 Å². The molecule has 0 aliphatic carbocycles. The van der Waals surface area contributed by atoms with Gasteiger partial charge in [-0.2, -0.15) is 26.3 Å². The molecule has 0 bridgehead atoms. The Labute approximate surface area is 197 Å². The number of carbonyl (C=O) groups excluding carboxylic acids is 2. The molecule has 0 heterocycles. The first-order chi connectivity index (χ1) is 15.8. The van der Waals surface area contributed by atoms with Crippen LogP contribution in [0.2, 0.25) is 0 Å². The van der Waals surface area contributed by atoms with E-state index in [1.807, 2.05) is 0 Å². The second-order valence-corrected chi connectivity index (χ2v) is 8.52. The van der Waals surface area contributed by atoms with Crippen LogP contribution in [0.25, 0.3) is 0 Å². The number of amides is 2. The average Bonchev–Trinajstić information content (AvgIpc) is 2.69. The third kappa shape index (κ3) is 4.85. The van der Waals surface area contributed by atoms with E-state index in [9.17, 15) is 40.3 Å². The predicted octanol–water partition coefficient (Wildman–Crippen LogP) is 7.04. The lowest BCUT2D eigenvalue weighted by atomic mass is 9.89. The standard InChI is InChI=1S/C24H25F7N2O2/c1-10-8-17(22(25,23(26,27)28)24(29,30)31)9-11(2)19(10)33-21(35)18-13(4)12(3)14(5)20(15(18)6)32-16(7)34/h8-9H,1-7H3,(H,32,34)(H,33,35). The van der Waals surface area contributed by atoms with Crippen molar-refractivity contribution in [1.29, 1.82) is 0 Å². The fourth-order valence-corrected chi connectivity index (χ4v) is 4.07.